The maximum absolute atomic E-state index is 10.8. The van der Waals surface area contributed by atoms with Gasteiger partial charge in [0.15, 0.2) is 11.5 Å². The molecule has 4 nitrogen and oxygen atoms in total. The highest BCUT2D eigenvalue weighted by Crippen LogP contribution is 2.30. The molecule has 0 atom stereocenters. The molecule has 0 amide bonds. The molecular weight excluding hydrogens is 288 g/mol. The topological polar surface area (TPSA) is 55.8 Å². The Kier molecular flexibility index (Phi) is 5.11. The zero-order valence-corrected chi connectivity index (χ0v) is 12.6. The Morgan fingerprint density at radius 1 is 1.05 bits per heavy atom. The Morgan fingerprint density at radius 3 is 2.29 bits per heavy atom. The maximum Gasteiger partial charge on any atom is 0.335 e. The van der Waals surface area contributed by atoms with Crippen molar-refractivity contribution in [1.29, 1.82) is 0 Å². The molecule has 110 valence electrons. The molecule has 0 saturated heterocycles. The largest absolute Gasteiger partial charge is 0.493 e. The van der Waals surface area contributed by atoms with Crippen LogP contribution in [0.1, 0.15) is 15.9 Å². The van der Waals surface area contributed by atoms with Crippen LogP contribution in [0.3, 0.4) is 0 Å². The van der Waals surface area contributed by atoms with Gasteiger partial charge in [-0.2, -0.15) is 0 Å². The van der Waals surface area contributed by atoms with Crippen molar-refractivity contribution in [2.75, 3.05) is 14.2 Å². The van der Waals surface area contributed by atoms with Gasteiger partial charge in [0.05, 0.1) is 19.8 Å². The molecule has 2 aromatic rings. The molecular formula is C16H16O4S. The van der Waals surface area contributed by atoms with Crippen LogP contribution >= 0.6 is 11.8 Å². The molecule has 1 N–H and O–H groups in total. The van der Waals surface area contributed by atoms with E-state index in [4.69, 9.17) is 14.6 Å². The molecule has 0 radical (unpaired) electrons. The van der Waals surface area contributed by atoms with Crippen molar-refractivity contribution in [2.45, 2.75) is 10.6 Å². The maximum atomic E-state index is 10.8. The van der Waals surface area contributed by atoms with E-state index in [1.807, 2.05) is 30.3 Å². The van der Waals surface area contributed by atoms with Crippen molar-refractivity contribution in [1.82, 2.24) is 0 Å². The molecule has 0 fully saturated rings. The van der Waals surface area contributed by atoms with Gasteiger partial charge in [0.2, 0.25) is 0 Å². The van der Waals surface area contributed by atoms with Crippen LogP contribution in [0, 0.1) is 0 Å². The summed E-state index contributed by atoms with van der Waals surface area (Å²) in [6.45, 7) is 0. The summed E-state index contributed by atoms with van der Waals surface area (Å²) in [5.41, 5.74) is 1.41. The van der Waals surface area contributed by atoms with E-state index in [0.29, 0.717) is 17.1 Å². The van der Waals surface area contributed by atoms with Crippen molar-refractivity contribution >= 4 is 17.7 Å². The summed E-state index contributed by atoms with van der Waals surface area (Å²) < 4.78 is 10.5. The molecule has 2 aromatic carbocycles. The van der Waals surface area contributed by atoms with E-state index < -0.39 is 5.97 Å². The average Bonchev–Trinajstić information content (AvgIpc) is 2.52. The summed E-state index contributed by atoms with van der Waals surface area (Å²) in [4.78, 5) is 11.8. The second kappa shape index (κ2) is 7.04. The third kappa shape index (κ3) is 3.92. The first-order valence-electron chi connectivity index (χ1n) is 6.31. The number of rotatable bonds is 6. The first-order chi connectivity index (χ1) is 10.1. The molecule has 0 spiro atoms. The molecule has 0 unspecified atom stereocenters. The number of aromatic carboxylic acids is 1. The van der Waals surface area contributed by atoms with Gasteiger partial charge in [0.25, 0.3) is 0 Å². The Labute approximate surface area is 127 Å². The number of benzene rings is 2. The summed E-state index contributed by atoms with van der Waals surface area (Å²) in [7, 11) is 3.22. The number of methoxy groups -OCH3 is 2. The Morgan fingerprint density at radius 2 is 1.71 bits per heavy atom. The molecule has 0 aliphatic rings. The molecule has 0 bridgehead atoms. The third-order valence-corrected chi connectivity index (χ3v) is 4.04. The quantitative estimate of drug-likeness (QED) is 0.825. The minimum absolute atomic E-state index is 0.297. The van der Waals surface area contributed by atoms with Crippen LogP contribution in [0.5, 0.6) is 11.5 Å². The highest BCUT2D eigenvalue weighted by molar-refractivity contribution is 7.98. The predicted octanol–water partition coefficient (Wildman–Crippen LogP) is 3.69. The Bertz CT molecular complexity index is 623. The van der Waals surface area contributed by atoms with Gasteiger partial charge in [-0.1, -0.05) is 6.07 Å². The SMILES string of the molecule is COc1ccc(CSc2ccc(C(=O)O)cc2)cc1OC. The van der Waals surface area contributed by atoms with Gasteiger partial charge < -0.3 is 14.6 Å². The zero-order valence-electron chi connectivity index (χ0n) is 11.8. The van der Waals surface area contributed by atoms with Crippen molar-refractivity contribution in [3.05, 3.63) is 53.6 Å². The summed E-state index contributed by atoms with van der Waals surface area (Å²) >= 11 is 1.64. The zero-order chi connectivity index (χ0) is 15.2. The summed E-state index contributed by atoms with van der Waals surface area (Å²) in [6, 6.07) is 12.7. The number of ether oxygens (including phenoxy) is 2. The van der Waals surface area contributed by atoms with Gasteiger partial charge in [-0.25, -0.2) is 4.79 Å². The van der Waals surface area contributed by atoms with E-state index in [-0.39, 0.29) is 0 Å². The predicted molar refractivity (Wildman–Crippen MR) is 82.5 cm³/mol. The lowest BCUT2D eigenvalue weighted by atomic mass is 10.2. The average molecular weight is 304 g/mol. The van der Waals surface area contributed by atoms with Crippen molar-refractivity contribution in [3.8, 4) is 11.5 Å². The molecule has 0 aliphatic heterocycles. The number of carboxylic acids is 1. The van der Waals surface area contributed by atoms with Crippen LogP contribution in [0.4, 0.5) is 0 Å². The molecule has 2 rings (SSSR count). The third-order valence-electron chi connectivity index (χ3n) is 2.95. The first kappa shape index (κ1) is 15.3. The second-order valence-corrected chi connectivity index (χ2v) is 5.36. The number of thioether (sulfide) groups is 1. The Balaban J connectivity index is 2.04. The van der Waals surface area contributed by atoms with Crippen LogP contribution < -0.4 is 9.47 Å². The van der Waals surface area contributed by atoms with E-state index in [9.17, 15) is 4.79 Å². The molecule has 0 aliphatic carbocycles. The monoisotopic (exact) mass is 304 g/mol. The van der Waals surface area contributed by atoms with Crippen molar-refractivity contribution in [2.24, 2.45) is 0 Å². The van der Waals surface area contributed by atoms with Gasteiger partial charge in [0, 0.05) is 10.6 Å². The van der Waals surface area contributed by atoms with Gasteiger partial charge >= 0.3 is 5.97 Å². The molecule has 0 heterocycles. The molecule has 0 saturated carbocycles. The van der Waals surface area contributed by atoms with Gasteiger partial charge in [-0.15, -0.1) is 11.8 Å². The van der Waals surface area contributed by atoms with E-state index in [1.54, 1.807) is 38.1 Å². The van der Waals surface area contributed by atoms with Crippen molar-refractivity contribution < 1.29 is 19.4 Å². The first-order valence-corrected chi connectivity index (χ1v) is 7.29. The number of hydrogen-bond acceptors (Lipinski definition) is 4. The summed E-state index contributed by atoms with van der Waals surface area (Å²) in [6.07, 6.45) is 0. The van der Waals surface area contributed by atoms with Crippen LogP contribution in [-0.2, 0) is 5.75 Å². The van der Waals surface area contributed by atoms with E-state index >= 15 is 0 Å². The standard InChI is InChI=1S/C16H16O4S/c1-19-14-8-3-11(9-15(14)20-2)10-21-13-6-4-12(5-7-13)16(17)18/h3-9H,10H2,1-2H3,(H,17,18). The molecule has 5 heteroatoms. The Hall–Kier alpha value is -2.14. The van der Waals surface area contributed by atoms with Gasteiger partial charge in [0.1, 0.15) is 0 Å². The smallest absolute Gasteiger partial charge is 0.335 e. The number of carbonyl (C=O) groups is 1. The lowest BCUT2D eigenvalue weighted by molar-refractivity contribution is 0.0697. The van der Waals surface area contributed by atoms with E-state index in [0.717, 1.165) is 16.2 Å². The van der Waals surface area contributed by atoms with E-state index in [2.05, 4.69) is 0 Å². The number of hydrogen-bond donors (Lipinski definition) is 1. The van der Waals surface area contributed by atoms with Crippen LogP contribution in [0.15, 0.2) is 47.4 Å². The number of carboxylic acid groups (broad SMARTS) is 1. The minimum Gasteiger partial charge on any atom is -0.493 e. The van der Waals surface area contributed by atoms with Crippen LogP contribution in [-0.4, -0.2) is 25.3 Å². The summed E-state index contributed by atoms with van der Waals surface area (Å²) in [5.74, 6) is 1.27. The van der Waals surface area contributed by atoms with E-state index in [1.165, 1.54) is 0 Å². The van der Waals surface area contributed by atoms with Crippen molar-refractivity contribution in [3.63, 3.8) is 0 Å². The van der Waals surface area contributed by atoms with Crippen LogP contribution in [0.25, 0.3) is 0 Å². The van der Waals surface area contributed by atoms with Crippen LogP contribution in [0.2, 0.25) is 0 Å². The fraction of sp³-hybridized carbons (Fsp3) is 0.188. The minimum atomic E-state index is -0.911. The van der Waals surface area contributed by atoms with Gasteiger partial charge in [-0.05, 0) is 42.0 Å². The second-order valence-electron chi connectivity index (χ2n) is 4.31. The lowest BCUT2D eigenvalue weighted by Gasteiger charge is -2.09. The fourth-order valence-corrected chi connectivity index (χ4v) is 2.67. The fourth-order valence-electron chi connectivity index (χ4n) is 1.83. The highest BCUT2D eigenvalue weighted by atomic mass is 32.2. The molecule has 21 heavy (non-hydrogen) atoms. The summed E-state index contributed by atoms with van der Waals surface area (Å²) in [5, 5.41) is 8.86. The normalized spacial score (nSPS) is 10.2. The lowest BCUT2D eigenvalue weighted by Crippen LogP contribution is -1.94. The highest BCUT2D eigenvalue weighted by Gasteiger charge is 2.06. The van der Waals surface area contributed by atoms with Gasteiger partial charge in [-0.3, -0.25) is 0 Å². The molecule has 0 aromatic heterocycles.